The van der Waals surface area contributed by atoms with Gasteiger partial charge in [-0.25, -0.2) is 0 Å². The fourth-order valence-corrected chi connectivity index (χ4v) is 5.16. The van der Waals surface area contributed by atoms with Gasteiger partial charge in [0, 0.05) is 19.5 Å². The Morgan fingerprint density at radius 3 is 2.12 bits per heavy atom. The Kier molecular flexibility index (Phi) is 8.22. The van der Waals surface area contributed by atoms with Gasteiger partial charge in [-0.15, -0.1) is 0 Å². The third kappa shape index (κ3) is 4.98. The zero-order valence-electron chi connectivity index (χ0n) is 16.4. The topological polar surface area (TPSA) is 12.0 Å². The standard InChI is InChI=1S/C22H37N2.HI/c1-18(2)24(15-13-23-14-16-24)19(3)17-20-9-11-22(12-10-20)21-7-5-4-6-8-21;/h9-12,18-19,21,23H,4-8,13-17H2,1-3H3;1H/q+1;/p-1. The summed E-state index contributed by atoms with van der Waals surface area (Å²) >= 11 is 0. The second-order valence-corrected chi connectivity index (χ2v) is 8.52. The maximum atomic E-state index is 3.54. The Morgan fingerprint density at radius 2 is 1.56 bits per heavy atom. The lowest BCUT2D eigenvalue weighted by atomic mass is 9.83. The molecule has 1 saturated heterocycles. The summed E-state index contributed by atoms with van der Waals surface area (Å²) < 4.78 is 1.28. The zero-order valence-corrected chi connectivity index (χ0v) is 18.6. The van der Waals surface area contributed by atoms with Crippen LogP contribution in [0.5, 0.6) is 0 Å². The van der Waals surface area contributed by atoms with Gasteiger partial charge in [0.15, 0.2) is 0 Å². The number of halogens is 1. The Balaban J connectivity index is 0.00000225. The molecule has 1 N–H and O–H groups in total. The van der Waals surface area contributed by atoms with Crippen LogP contribution in [0, 0.1) is 0 Å². The van der Waals surface area contributed by atoms with Gasteiger partial charge in [0.05, 0.1) is 25.2 Å². The van der Waals surface area contributed by atoms with Crippen molar-refractivity contribution in [1.29, 1.82) is 0 Å². The number of nitrogens with one attached hydrogen (secondary N) is 1. The lowest BCUT2D eigenvalue weighted by Crippen LogP contribution is -3.00. The first-order chi connectivity index (χ1) is 11.6. The fourth-order valence-electron chi connectivity index (χ4n) is 5.16. The number of hydrogen-bond acceptors (Lipinski definition) is 1. The molecule has 1 atom stereocenters. The van der Waals surface area contributed by atoms with E-state index >= 15 is 0 Å². The summed E-state index contributed by atoms with van der Waals surface area (Å²) in [4.78, 5) is 0. The molecule has 1 unspecified atom stereocenters. The minimum atomic E-state index is 0. The van der Waals surface area contributed by atoms with Gasteiger partial charge in [-0.1, -0.05) is 43.5 Å². The van der Waals surface area contributed by atoms with Crippen molar-refractivity contribution in [3.05, 3.63) is 35.4 Å². The highest BCUT2D eigenvalue weighted by atomic mass is 127. The number of piperazine rings is 1. The van der Waals surface area contributed by atoms with Crippen LogP contribution in [0.3, 0.4) is 0 Å². The molecule has 1 aromatic rings. The van der Waals surface area contributed by atoms with E-state index in [2.05, 4.69) is 50.4 Å². The van der Waals surface area contributed by atoms with Crippen molar-refractivity contribution >= 4 is 0 Å². The maximum Gasteiger partial charge on any atom is 0.0917 e. The van der Waals surface area contributed by atoms with E-state index in [0.717, 1.165) is 5.92 Å². The van der Waals surface area contributed by atoms with Crippen molar-refractivity contribution in [3.8, 4) is 0 Å². The highest BCUT2D eigenvalue weighted by Crippen LogP contribution is 2.33. The maximum absolute atomic E-state index is 3.54. The highest BCUT2D eigenvalue weighted by molar-refractivity contribution is 5.26. The molecule has 3 rings (SSSR count). The van der Waals surface area contributed by atoms with E-state index in [9.17, 15) is 0 Å². The van der Waals surface area contributed by atoms with E-state index in [1.54, 1.807) is 5.56 Å². The van der Waals surface area contributed by atoms with Crippen LogP contribution < -0.4 is 29.3 Å². The molecule has 1 aliphatic carbocycles. The number of hydrogen-bond donors (Lipinski definition) is 1. The van der Waals surface area contributed by atoms with Gasteiger partial charge >= 0.3 is 0 Å². The van der Waals surface area contributed by atoms with Crippen molar-refractivity contribution < 1.29 is 28.5 Å². The molecule has 142 valence electrons. The second kappa shape index (κ2) is 9.70. The molecular formula is C22H37IN2. The van der Waals surface area contributed by atoms with Crippen molar-refractivity contribution in [2.45, 2.75) is 77.3 Å². The Bertz CT molecular complexity index is 499. The first-order valence-corrected chi connectivity index (χ1v) is 10.3. The van der Waals surface area contributed by atoms with Crippen LogP contribution in [0.1, 0.15) is 69.9 Å². The van der Waals surface area contributed by atoms with Gasteiger partial charge in [-0.05, 0) is 50.7 Å². The summed E-state index contributed by atoms with van der Waals surface area (Å²) in [6.45, 7) is 12.2. The average Bonchev–Trinajstić information content (AvgIpc) is 2.63. The largest absolute Gasteiger partial charge is 1.00 e. The summed E-state index contributed by atoms with van der Waals surface area (Å²) in [7, 11) is 0. The third-order valence-corrected chi connectivity index (χ3v) is 6.90. The second-order valence-electron chi connectivity index (χ2n) is 8.52. The Labute approximate surface area is 172 Å². The minimum absolute atomic E-state index is 0. The predicted octanol–water partition coefficient (Wildman–Crippen LogP) is 1.50. The number of rotatable bonds is 5. The molecule has 0 bridgehead atoms. The molecule has 0 radical (unpaired) electrons. The summed E-state index contributed by atoms with van der Waals surface area (Å²) in [5.41, 5.74) is 3.11. The third-order valence-electron chi connectivity index (χ3n) is 6.90. The summed E-state index contributed by atoms with van der Waals surface area (Å²) in [5.74, 6) is 0.826. The van der Waals surface area contributed by atoms with Crippen LogP contribution >= 0.6 is 0 Å². The highest BCUT2D eigenvalue weighted by Gasteiger charge is 2.38. The van der Waals surface area contributed by atoms with Crippen LogP contribution in [0.25, 0.3) is 0 Å². The van der Waals surface area contributed by atoms with Gasteiger partial charge < -0.3 is 33.8 Å². The summed E-state index contributed by atoms with van der Waals surface area (Å²) in [6, 6.07) is 11.1. The molecule has 3 heteroatoms. The molecule has 2 aliphatic rings. The number of benzene rings is 1. The van der Waals surface area contributed by atoms with E-state index in [0.29, 0.717) is 12.1 Å². The van der Waals surface area contributed by atoms with E-state index in [1.165, 1.54) is 74.8 Å². The molecule has 2 nitrogen and oxygen atoms in total. The Hall–Kier alpha value is -0.130. The molecule has 1 aromatic carbocycles. The van der Waals surface area contributed by atoms with Crippen molar-refractivity contribution in [3.63, 3.8) is 0 Å². The SMILES string of the molecule is CC(C)[N+]1(C(C)Cc2ccc(C3CCCCC3)cc2)CCNCC1.[I-]. The van der Waals surface area contributed by atoms with Gasteiger partial charge in [0.1, 0.15) is 0 Å². The van der Waals surface area contributed by atoms with Crippen LogP contribution in [0.15, 0.2) is 24.3 Å². The molecule has 25 heavy (non-hydrogen) atoms. The average molecular weight is 456 g/mol. The minimum Gasteiger partial charge on any atom is -1.00 e. The predicted molar refractivity (Wildman–Crippen MR) is 103 cm³/mol. The van der Waals surface area contributed by atoms with E-state index in [1.807, 2.05) is 0 Å². The molecule has 1 heterocycles. The van der Waals surface area contributed by atoms with Crippen LogP contribution in [-0.4, -0.2) is 42.7 Å². The van der Waals surface area contributed by atoms with Crippen molar-refractivity contribution in [2.75, 3.05) is 26.2 Å². The molecule has 2 fully saturated rings. The lowest BCUT2D eigenvalue weighted by molar-refractivity contribution is -0.969. The summed E-state index contributed by atoms with van der Waals surface area (Å²) in [5, 5.41) is 3.54. The van der Waals surface area contributed by atoms with E-state index in [-0.39, 0.29) is 24.0 Å². The van der Waals surface area contributed by atoms with Crippen LogP contribution in [-0.2, 0) is 6.42 Å². The number of nitrogens with zero attached hydrogens (tertiary/aromatic N) is 1. The first kappa shape index (κ1) is 21.2. The van der Waals surface area contributed by atoms with Crippen molar-refractivity contribution in [1.82, 2.24) is 5.32 Å². The van der Waals surface area contributed by atoms with Crippen molar-refractivity contribution in [2.24, 2.45) is 0 Å². The molecule has 1 aliphatic heterocycles. The van der Waals surface area contributed by atoms with Gasteiger partial charge in [0.25, 0.3) is 0 Å². The van der Waals surface area contributed by atoms with Gasteiger partial charge in [-0.3, -0.25) is 0 Å². The first-order valence-electron chi connectivity index (χ1n) is 10.3. The van der Waals surface area contributed by atoms with E-state index in [4.69, 9.17) is 0 Å². The Morgan fingerprint density at radius 1 is 0.960 bits per heavy atom. The zero-order chi connectivity index (χ0) is 17.0. The monoisotopic (exact) mass is 456 g/mol. The van der Waals surface area contributed by atoms with Gasteiger partial charge in [0.2, 0.25) is 0 Å². The fraction of sp³-hybridized carbons (Fsp3) is 0.727. The molecule has 0 spiro atoms. The molecule has 1 saturated carbocycles. The van der Waals surface area contributed by atoms with E-state index < -0.39 is 0 Å². The molecule has 0 amide bonds. The van der Waals surface area contributed by atoms with Crippen LogP contribution in [0.4, 0.5) is 0 Å². The van der Waals surface area contributed by atoms with Gasteiger partial charge in [-0.2, -0.15) is 0 Å². The number of quaternary nitrogens is 1. The van der Waals surface area contributed by atoms with Crippen LogP contribution in [0.2, 0.25) is 0 Å². The lowest BCUT2D eigenvalue weighted by Gasteiger charge is -2.49. The molecule has 0 aromatic heterocycles. The smallest absolute Gasteiger partial charge is 0.0917 e. The quantitative estimate of drug-likeness (QED) is 0.523. The molecular weight excluding hydrogens is 419 g/mol. The summed E-state index contributed by atoms with van der Waals surface area (Å²) in [6.07, 6.45) is 8.29. The normalized spacial score (nSPS) is 22.4.